The lowest BCUT2D eigenvalue weighted by molar-refractivity contribution is -0.132. The van der Waals surface area contributed by atoms with Crippen LogP contribution in [-0.2, 0) is 9.59 Å². The maximum absolute atomic E-state index is 10.4. The Balaban J connectivity index is 3.07. The SMILES string of the molecule is O=C(O)C=CCCCCCCCCCCCCCCCCCCCCCCCCCC=CC(=O)O. The minimum absolute atomic E-state index is 0.839. The molecule has 0 aliphatic carbocycles. The molecule has 0 aromatic rings. The van der Waals surface area contributed by atoms with Crippen molar-refractivity contribution in [3.63, 3.8) is 0 Å². The zero-order valence-electron chi connectivity index (χ0n) is 22.7. The number of hydrogen-bond donors (Lipinski definition) is 2. The predicted octanol–water partition coefficient (Wildman–Crippen LogP) is 10.0. The van der Waals surface area contributed by atoms with Crippen molar-refractivity contribution in [3.05, 3.63) is 24.3 Å². The number of allylic oxidation sites excluding steroid dienone is 2. The Morgan fingerprint density at radius 2 is 0.514 bits per heavy atom. The van der Waals surface area contributed by atoms with Crippen molar-refractivity contribution < 1.29 is 19.8 Å². The van der Waals surface area contributed by atoms with E-state index < -0.39 is 11.9 Å². The van der Waals surface area contributed by atoms with Crippen LogP contribution < -0.4 is 0 Å². The van der Waals surface area contributed by atoms with Gasteiger partial charge in [0.2, 0.25) is 0 Å². The predicted molar refractivity (Wildman–Crippen MR) is 149 cm³/mol. The summed E-state index contributed by atoms with van der Waals surface area (Å²) in [6, 6.07) is 0. The van der Waals surface area contributed by atoms with Crippen LogP contribution in [0.1, 0.15) is 161 Å². The molecule has 0 atom stereocenters. The van der Waals surface area contributed by atoms with Crippen molar-refractivity contribution >= 4 is 11.9 Å². The first-order chi connectivity index (χ1) is 17.1. The Morgan fingerprint density at radius 1 is 0.343 bits per heavy atom. The highest BCUT2D eigenvalue weighted by Gasteiger charge is 1.96. The van der Waals surface area contributed by atoms with E-state index in [1.54, 1.807) is 12.2 Å². The molecule has 0 radical (unpaired) electrons. The lowest BCUT2D eigenvalue weighted by Crippen LogP contribution is -1.86. The van der Waals surface area contributed by atoms with E-state index in [0.29, 0.717) is 0 Å². The summed E-state index contributed by atoms with van der Waals surface area (Å²) in [6.45, 7) is 0. The zero-order valence-corrected chi connectivity index (χ0v) is 22.7. The summed E-state index contributed by atoms with van der Waals surface area (Å²) in [5.74, 6) is -1.68. The molecule has 0 spiro atoms. The molecule has 0 unspecified atom stereocenters. The molecule has 4 nitrogen and oxygen atoms in total. The van der Waals surface area contributed by atoms with E-state index in [2.05, 4.69) is 0 Å². The Labute approximate surface area is 216 Å². The minimum Gasteiger partial charge on any atom is -0.478 e. The Hall–Kier alpha value is -1.58. The van der Waals surface area contributed by atoms with Crippen LogP contribution >= 0.6 is 0 Å². The van der Waals surface area contributed by atoms with Gasteiger partial charge in [-0.05, 0) is 25.7 Å². The van der Waals surface area contributed by atoms with E-state index >= 15 is 0 Å². The van der Waals surface area contributed by atoms with Crippen molar-refractivity contribution in [3.8, 4) is 0 Å². The van der Waals surface area contributed by atoms with Gasteiger partial charge in [-0.1, -0.05) is 147 Å². The molecule has 0 aromatic heterocycles. The molecule has 0 rings (SSSR count). The molecule has 0 fully saturated rings. The second-order valence-corrected chi connectivity index (χ2v) is 10.2. The number of aliphatic carboxylic acids is 2. The van der Waals surface area contributed by atoms with Gasteiger partial charge < -0.3 is 10.2 Å². The molecule has 35 heavy (non-hydrogen) atoms. The van der Waals surface area contributed by atoms with Gasteiger partial charge in [0.1, 0.15) is 0 Å². The fourth-order valence-electron chi connectivity index (χ4n) is 4.60. The van der Waals surface area contributed by atoms with Gasteiger partial charge in [0, 0.05) is 12.2 Å². The monoisotopic (exact) mass is 492 g/mol. The average Bonchev–Trinajstić information content (AvgIpc) is 2.82. The van der Waals surface area contributed by atoms with E-state index in [4.69, 9.17) is 10.2 Å². The summed E-state index contributed by atoms with van der Waals surface area (Å²) in [5.41, 5.74) is 0. The van der Waals surface area contributed by atoms with E-state index in [9.17, 15) is 9.59 Å². The number of rotatable bonds is 28. The highest BCUT2D eigenvalue weighted by molar-refractivity contribution is 5.79. The molecule has 2 N–H and O–H groups in total. The third-order valence-electron chi connectivity index (χ3n) is 6.76. The van der Waals surface area contributed by atoms with Gasteiger partial charge in [-0.15, -0.1) is 0 Å². The molecule has 0 aliphatic heterocycles. The summed E-state index contributed by atoms with van der Waals surface area (Å²) < 4.78 is 0. The van der Waals surface area contributed by atoms with Crippen LogP contribution in [0.3, 0.4) is 0 Å². The smallest absolute Gasteiger partial charge is 0.327 e. The lowest BCUT2D eigenvalue weighted by atomic mass is 10.0. The second-order valence-electron chi connectivity index (χ2n) is 10.2. The van der Waals surface area contributed by atoms with Crippen LogP contribution in [0.4, 0.5) is 0 Å². The van der Waals surface area contributed by atoms with Crippen molar-refractivity contribution in [2.75, 3.05) is 0 Å². The normalized spacial score (nSPS) is 11.7. The molecule has 0 heterocycles. The minimum atomic E-state index is -0.839. The first-order valence-electron chi connectivity index (χ1n) is 14.9. The summed E-state index contributed by atoms with van der Waals surface area (Å²) in [5, 5.41) is 17.0. The number of carboxylic acids is 2. The molecule has 0 aromatic carbocycles. The Kier molecular flexibility index (Phi) is 27.4. The first kappa shape index (κ1) is 33.4. The maximum Gasteiger partial charge on any atom is 0.327 e. The largest absolute Gasteiger partial charge is 0.478 e. The number of unbranched alkanes of at least 4 members (excludes halogenated alkanes) is 24. The molecule has 0 saturated heterocycles. The molecular formula is C31H56O4. The number of hydrogen-bond acceptors (Lipinski definition) is 2. The van der Waals surface area contributed by atoms with Gasteiger partial charge >= 0.3 is 11.9 Å². The molecule has 4 heteroatoms. The topological polar surface area (TPSA) is 74.6 Å². The van der Waals surface area contributed by atoms with Crippen LogP contribution in [0.2, 0.25) is 0 Å². The highest BCUT2D eigenvalue weighted by Crippen LogP contribution is 2.15. The summed E-state index contributed by atoms with van der Waals surface area (Å²) in [4.78, 5) is 20.7. The summed E-state index contributed by atoms with van der Waals surface area (Å²) in [7, 11) is 0. The van der Waals surface area contributed by atoms with E-state index in [0.717, 1.165) is 25.7 Å². The fraction of sp³-hybridized carbons (Fsp3) is 0.806. The third-order valence-corrected chi connectivity index (χ3v) is 6.76. The van der Waals surface area contributed by atoms with Gasteiger partial charge in [-0.2, -0.15) is 0 Å². The highest BCUT2D eigenvalue weighted by atomic mass is 16.4. The second kappa shape index (κ2) is 28.7. The lowest BCUT2D eigenvalue weighted by Gasteiger charge is -2.04. The zero-order chi connectivity index (χ0) is 25.7. The van der Waals surface area contributed by atoms with E-state index in [-0.39, 0.29) is 0 Å². The van der Waals surface area contributed by atoms with Crippen molar-refractivity contribution in [1.29, 1.82) is 0 Å². The van der Waals surface area contributed by atoms with Gasteiger partial charge in [-0.25, -0.2) is 9.59 Å². The van der Waals surface area contributed by atoms with E-state index in [1.807, 2.05) is 0 Å². The van der Waals surface area contributed by atoms with Gasteiger partial charge in [0.05, 0.1) is 0 Å². The van der Waals surface area contributed by atoms with Crippen molar-refractivity contribution in [2.24, 2.45) is 0 Å². The van der Waals surface area contributed by atoms with Crippen molar-refractivity contribution in [1.82, 2.24) is 0 Å². The maximum atomic E-state index is 10.4. The molecule has 0 amide bonds. The van der Waals surface area contributed by atoms with Crippen LogP contribution in [0, 0.1) is 0 Å². The molecule has 0 aliphatic rings. The van der Waals surface area contributed by atoms with Gasteiger partial charge in [0.25, 0.3) is 0 Å². The van der Waals surface area contributed by atoms with Crippen LogP contribution in [-0.4, -0.2) is 22.2 Å². The van der Waals surface area contributed by atoms with Gasteiger partial charge in [0.15, 0.2) is 0 Å². The summed E-state index contributed by atoms with van der Waals surface area (Å²) >= 11 is 0. The number of carbonyl (C=O) groups is 2. The average molecular weight is 493 g/mol. The van der Waals surface area contributed by atoms with Crippen LogP contribution in [0.5, 0.6) is 0 Å². The molecular weight excluding hydrogens is 436 g/mol. The van der Waals surface area contributed by atoms with Crippen LogP contribution in [0.15, 0.2) is 24.3 Å². The quantitative estimate of drug-likeness (QED) is 0.0841. The molecule has 0 saturated carbocycles. The van der Waals surface area contributed by atoms with Crippen LogP contribution in [0.25, 0.3) is 0 Å². The fourth-order valence-corrected chi connectivity index (χ4v) is 4.60. The molecule has 0 bridgehead atoms. The number of carboxylic acid groups (broad SMARTS) is 2. The molecule has 204 valence electrons. The standard InChI is InChI=1S/C31H56O4/c32-30(33)28-26-24-22-20-18-16-14-12-10-8-6-4-2-1-3-5-7-9-11-13-15-17-19-21-23-25-27-29-31(34)35/h26-29H,1-25H2,(H,32,33)(H,34,35). The Morgan fingerprint density at radius 3 is 0.686 bits per heavy atom. The van der Waals surface area contributed by atoms with Crippen molar-refractivity contribution in [2.45, 2.75) is 161 Å². The third kappa shape index (κ3) is 32.4. The van der Waals surface area contributed by atoms with Gasteiger partial charge in [-0.3, -0.25) is 0 Å². The Bertz CT molecular complexity index is 478. The first-order valence-corrected chi connectivity index (χ1v) is 14.9. The van der Waals surface area contributed by atoms with E-state index in [1.165, 1.54) is 147 Å². The summed E-state index contributed by atoms with van der Waals surface area (Å²) in [6.07, 6.45) is 38.7.